The van der Waals surface area contributed by atoms with Gasteiger partial charge in [-0.05, 0) is 12.1 Å². The number of carbonyl (C=O) groups is 1. The number of carbonyl (C=O) groups excluding carboxylic acids is 1. The Labute approximate surface area is 132 Å². The highest BCUT2D eigenvalue weighted by molar-refractivity contribution is 5.90. The number of pyridine rings is 1. The maximum atomic E-state index is 13.3. The fourth-order valence-corrected chi connectivity index (χ4v) is 1.36. The molecule has 0 saturated heterocycles. The molecule has 0 aromatic carbocycles. The Kier molecular flexibility index (Phi) is 8.44. The molecule has 21 heavy (non-hydrogen) atoms. The Balaban J connectivity index is 0.00000200. The molecule has 0 atom stereocenters. The molecule has 0 saturated carbocycles. The van der Waals surface area contributed by atoms with Gasteiger partial charge < -0.3 is 15.6 Å². The molecule has 2 rings (SSSR count). The quantitative estimate of drug-likeness (QED) is 0.838. The lowest BCUT2D eigenvalue weighted by Gasteiger charge is -2.02. The standard InChI is InChI=1S/C11H12FN5O2.2ClH/c12-7-2-1-5-14-8(7)6-15-11(18)10-16-9(3-4-13)19-17-10;;/h1-2,5H,3-4,6,13H2,(H,15,18);2*1H. The van der Waals surface area contributed by atoms with E-state index in [2.05, 4.69) is 20.4 Å². The van der Waals surface area contributed by atoms with Gasteiger partial charge in [0, 0.05) is 19.2 Å². The molecule has 0 spiro atoms. The molecule has 0 aliphatic carbocycles. The smallest absolute Gasteiger partial charge is 0.293 e. The molecule has 0 unspecified atom stereocenters. The summed E-state index contributed by atoms with van der Waals surface area (Å²) in [5.74, 6) is -0.867. The lowest BCUT2D eigenvalue weighted by molar-refractivity contribution is 0.0936. The fourth-order valence-electron chi connectivity index (χ4n) is 1.36. The van der Waals surface area contributed by atoms with Gasteiger partial charge in [0.15, 0.2) is 0 Å². The largest absolute Gasteiger partial charge is 0.343 e. The fraction of sp³-hybridized carbons (Fsp3) is 0.273. The first kappa shape index (κ1) is 19.2. The Bertz CT molecular complexity index is 581. The molecule has 7 nitrogen and oxygen atoms in total. The van der Waals surface area contributed by atoms with E-state index in [1.807, 2.05) is 0 Å². The zero-order chi connectivity index (χ0) is 13.7. The van der Waals surface area contributed by atoms with Gasteiger partial charge in [-0.1, -0.05) is 5.16 Å². The summed E-state index contributed by atoms with van der Waals surface area (Å²) in [6.45, 7) is 0.300. The molecule has 0 bridgehead atoms. The van der Waals surface area contributed by atoms with Crippen molar-refractivity contribution in [3.8, 4) is 0 Å². The number of aromatic nitrogens is 3. The summed E-state index contributed by atoms with van der Waals surface area (Å²) in [5.41, 5.74) is 5.46. The van der Waals surface area contributed by atoms with Gasteiger partial charge in [-0.2, -0.15) is 4.98 Å². The zero-order valence-corrected chi connectivity index (χ0v) is 12.4. The van der Waals surface area contributed by atoms with E-state index in [9.17, 15) is 9.18 Å². The highest BCUT2D eigenvalue weighted by Gasteiger charge is 2.14. The number of nitrogens with zero attached hydrogens (tertiary/aromatic N) is 3. The summed E-state index contributed by atoms with van der Waals surface area (Å²) < 4.78 is 18.1. The molecule has 10 heteroatoms. The van der Waals surface area contributed by atoms with Crippen LogP contribution in [0, 0.1) is 5.82 Å². The normalized spacial score (nSPS) is 9.43. The van der Waals surface area contributed by atoms with Crippen LogP contribution in [-0.4, -0.2) is 27.6 Å². The van der Waals surface area contributed by atoms with Gasteiger partial charge in [-0.3, -0.25) is 9.78 Å². The number of rotatable bonds is 5. The first-order valence-corrected chi connectivity index (χ1v) is 5.61. The average Bonchev–Trinajstić information content (AvgIpc) is 2.87. The van der Waals surface area contributed by atoms with E-state index in [0.29, 0.717) is 13.0 Å². The summed E-state index contributed by atoms with van der Waals surface area (Å²) in [6.07, 6.45) is 1.84. The Morgan fingerprint density at radius 3 is 2.86 bits per heavy atom. The molecule has 0 fully saturated rings. The molecule has 2 aromatic rings. The van der Waals surface area contributed by atoms with E-state index in [0.717, 1.165) is 0 Å². The van der Waals surface area contributed by atoms with E-state index < -0.39 is 11.7 Å². The van der Waals surface area contributed by atoms with Crippen molar-refractivity contribution in [1.29, 1.82) is 0 Å². The third-order valence-corrected chi connectivity index (χ3v) is 2.28. The predicted molar refractivity (Wildman–Crippen MR) is 76.9 cm³/mol. The van der Waals surface area contributed by atoms with Crippen molar-refractivity contribution in [2.24, 2.45) is 5.73 Å². The van der Waals surface area contributed by atoms with Crippen molar-refractivity contribution < 1.29 is 13.7 Å². The molecule has 2 aromatic heterocycles. The Morgan fingerprint density at radius 1 is 1.43 bits per heavy atom. The minimum atomic E-state index is -0.558. The molecular weight excluding hydrogens is 324 g/mol. The van der Waals surface area contributed by atoms with Crippen LogP contribution in [0.25, 0.3) is 0 Å². The van der Waals surface area contributed by atoms with Gasteiger partial charge in [0.05, 0.1) is 12.2 Å². The number of hydrogen-bond donors (Lipinski definition) is 2. The number of nitrogens with two attached hydrogens (primary N) is 1. The first-order valence-electron chi connectivity index (χ1n) is 5.61. The topological polar surface area (TPSA) is 107 Å². The average molecular weight is 338 g/mol. The summed E-state index contributed by atoms with van der Waals surface area (Å²) in [6, 6.07) is 2.74. The summed E-state index contributed by atoms with van der Waals surface area (Å²) in [4.78, 5) is 19.3. The van der Waals surface area contributed by atoms with Gasteiger partial charge in [-0.25, -0.2) is 4.39 Å². The van der Waals surface area contributed by atoms with Crippen LogP contribution in [0.4, 0.5) is 4.39 Å². The van der Waals surface area contributed by atoms with Crippen LogP contribution in [0.5, 0.6) is 0 Å². The SMILES string of the molecule is Cl.Cl.NCCc1nc(C(=O)NCc2ncccc2F)no1. The van der Waals surface area contributed by atoms with Gasteiger partial charge >= 0.3 is 0 Å². The highest BCUT2D eigenvalue weighted by Crippen LogP contribution is 2.03. The van der Waals surface area contributed by atoms with E-state index >= 15 is 0 Å². The van der Waals surface area contributed by atoms with Crippen LogP contribution in [0.15, 0.2) is 22.9 Å². The number of nitrogens with one attached hydrogen (secondary N) is 1. The second-order valence-corrected chi connectivity index (χ2v) is 3.66. The summed E-state index contributed by atoms with van der Waals surface area (Å²) >= 11 is 0. The molecule has 0 radical (unpaired) electrons. The minimum absolute atomic E-state index is 0. The molecule has 2 heterocycles. The molecule has 1 amide bonds. The van der Waals surface area contributed by atoms with E-state index in [1.54, 1.807) is 0 Å². The lowest BCUT2D eigenvalue weighted by atomic mass is 10.3. The van der Waals surface area contributed by atoms with Gasteiger partial charge in [0.25, 0.3) is 11.7 Å². The van der Waals surface area contributed by atoms with Crippen molar-refractivity contribution in [3.63, 3.8) is 0 Å². The molecule has 0 aliphatic rings. The minimum Gasteiger partial charge on any atom is -0.343 e. The number of halogens is 3. The van der Waals surface area contributed by atoms with Crippen molar-refractivity contribution in [2.45, 2.75) is 13.0 Å². The second kappa shape index (κ2) is 9.22. The van der Waals surface area contributed by atoms with Gasteiger partial charge in [0.2, 0.25) is 5.89 Å². The zero-order valence-electron chi connectivity index (χ0n) is 10.8. The summed E-state index contributed by atoms with van der Waals surface area (Å²) in [7, 11) is 0. The van der Waals surface area contributed by atoms with E-state index in [4.69, 9.17) is 10.3 Å². The van der Waals surface area contributed by atoms with Crippen LogP contribution in [0.1, 0.15) is 22.2 Å². The van der Waals surface area contributed by atoms with E-state index in [-0.39, 0.29) is 48.8 Å². The molecule has 0 aliphatic heterocycles. The van der Waals surface area contributed by atoms with Crippen molar-refractivity contribution in [1.82, 2.24) is 20.4 Å². The van der Waals surface area contributed by atoms with Crippen LogP contribution >= 0.6 is 24.8 Å². The third-order valence-electron chi connectivity index (χ3n) is 2.28. The van der Waals surface area contributed by atoms with E-state index in [1.165, 1.54) is 18.3 Å². The molecular formula is C11H14Cl2FN5O2. The van der Waals surface area contributed by atoms with Gasteiger partial charge in [0.1, 0.15) is 5.82 Å². The lowest BCUT2D eigenvalue weighted by Crippen LogP contribution is -2.25. The van der Waals surface area contributed by atoms with Crippen LogP contribution in [-0.2, 0) is 13.0 Å². The monoisotopic (exact) mass is 337 g/mol. The predicted octanol–water partition coefficient (Wildman–Crippen LogP) is 0.879. The Hall–Kier alpha value is -1.77. The van der Waals surface area contributed by atoms with Crippen LogP contribution < -0.4 is 11.1 Å². The molecule has 3 N–H and O–H groups in total. The van der Waals surface area contributed by atoms with Crippen molar-refractivity contribution >= 4 is 30.7 Å². The second-order valence-electron chi connectivity index (χ2n) is 3.66. The summed E-state index contributed by atoms with van der Waals surface area (Å²) in [5, 5.41) is 5.96. The van der Waals surface area contributed by atoms with Gasteiger partial charge in [-0.15, -0.1) is 24.8 Å². The number of amides is 1. The molecule has 116 valence electrons. The van der Waals surface area contributed by atoms with Crippen molar-refractivity contribution in [2.75, 3.05) is 6.54 Å². The highest BCUT2D eigenvalue weighted by atomic mass is 35.5. The van der Waals surface area contributed by atoms with Crippen LogP contribution in [0.3, 0.4) is 0 Å². The van der Waals surface area contributed by atoms with Crippen molar-refractivity contribution in [3.05, 3.63) is 41.6 Å². The number of hydrogen-bond acceptors (Lipinski definition) is 6. The third kappa shape index (κ3) is 5.25. The first-order chi connectivity index (χ1) is 9.20. The Morgan fingerprint density at radius 2 is 2.19 bits per heavy atom. The maximum Gasteiger partial charge on any atom is 0.293 e. The maximum absolute atomic E-state index is 13.3. The van der Waals surface area contributed by atoms with Crippen LogP contribution in [0.2, 0.25) is 0 Å².